The topological polar surface area (TPSA) is 15.3 Å². The van der Waals surface area contributed by atoms with E-state index < -0.39 is 0 Å². The van der Waals surface area contributed by atoms with Gasteiger partial charge in [-0.2, -0.15) is 0 Å². The zero-order chi connectivity index (χ0) is 15.2. The van der Waals surface area contributed by atoms with Crippen molar-refractivity contribution in [3.05, 3.63) is 33.3 Å². The maximum atomic E-state index is 6.39. The highest BCUT2D eigenvalue weighted by atomic mass is 79.9. The van der Waals surface area contributed by atoms with Crippen molar-refractivity contribution in [1.82, 2.24) is 10.2 Å². The molecule has 0 saturated heterocycles. The van der Waals surface area contributed by atoms with Crippen LogP contribution in [0.3, 0.4) is 0 Å². The lowest BCUT2D eigenvalue weighted by molar-refractivity contribution is 0.249. The first-order chi connectivity index (χ1) is 10.1. The summed E-state index contributed by atoms with van der Waals surface area (Å²) in [6.07, 6.45) is 5.18. The van der Waals surface area contributed by atoms with Gasteiger partial charge in [-0.05, 0) is 69.4 Å². The molecule has 118 valence electrons. The number of halogens is 2. The van der Waals surface area contributed by atoms with Gasteiger partial charge in [0.25, 0.3) is 0 Å². The predicted octanol–water partition coefficient (Wildman–Crippen LogP) is 4.88. The predicted molar refractivity (Wildman–Crippen MR) is 95.0 cm³/mol. The Labute approximate surface area is 142 Å². The van der Waals surface area contributed by atoms with Crippen LogP contribution < -0.4 is 5.32 Å². The third-order valence-corrected chi connectivity index (χ3v) is 4.99. The van der Waals surface area contributed by atoms with Gasteiger partial charge < -0.3 is 10.2 Å². The van der Waals surface area contributed by atoms with Crippen molar-refractivity contribution in [2.24, 2.45) is 5.92 Å². The maximum absolute atomic E-state index is 6.39. The summed E-state index contributed by atoms with van der Waals surface area (Å²) in [5.41, 5.74) is 1.20. The number of nitrogens with one attached hydrogen (secondary N) is 1. The minimum absolute atomic E-state index is 0.323. The molecule has 1 atom stereocenters. The number of rotatable bonds is 9. The molecule has 0 aliphatic heterocycles. The summed E-state index contributed by atoms with van der Waals surface area (Å²) < 4.78 is 1.03. The number of nitrogens with zero attached hydrogens (tertiary/aromatic N) is 1. The lowest BCUT2D eigenvalue weighted by atomic mass is 10.0. The quantitative estimate of drug-likeness (QED) is 0.664. The van der Waals surface area contributed by atoms with Crippen LogP contribution in [0.25, 0.3) is 0 Å². The Kier molecular flexibility index (Phi) is 7.00. The molecular formula is C17H26BrClN2. The fourth-order valence-corrected chi connectivity index (χ4v) is 3.63. The Morgan fingerprint density at radius 1 is 1.38 bits per heavy atom. The van der Waals surface area contributed by atoms with E-state index in [9.17, 15) is 0 Å². The Morgan fingerprint density at radius 3 is 2.71 bits per heavy atom. The second-order valence-corrected chi connectivity index (χ2v) is 7.36. The summed E-state index contributed by atoms with van der Waals surface area (Å²) in [5.74, 6) is 0.959. The average Bonchev–Trinajstić information content (AvgIpc) is 3.25. The van der Waals surface area contributed by atoms with Crippen LogP contribution in [0.2, 0.25) is 5.02 Å². The zero-order valence-electron chi connectivity index (χ0n) is 13.0. The van der Waals surface area contributed by atoms with E-state index in [1.807, 2.05) is 13.1 Å². The molecule has 0 heterocycles. The van der Waals surface area contributed by atoms with Crippen molar-refractivity contribution in [3.8, 4) is 0 Å². The molecule has 1 aromatic rings. The highest BCUT2D eigenvalue weighted by molar-refractivity contribution is 9.10. The summed E-state index contributed by atoms with van der Waals surface area (Å²) in [5, 5.41) is 4.26. The van der Waals surface area contributed by atoms with Gasteiger partial charge in [-0.1, -0.05) is 40.5 Å². The molecule has 0 aromatic heterocycles. The van der Waals surface area contributed by atoms with E-state index in [1.54, 1.807) is 0 Å². The summed E-state index contributed by atoms with van der Waals surface area (Å²) in [7, 11) is 2.02. The van der Waals surface area contributed by atoms with Gasteiger partial charge >= 0.3 is 0 Å². The molecule has 21 heavy (non-hydrogen) atoms. The van der Waals surface area contributed by atoms with Crippen LogP contribution in [-0.2, 0) is 0 Å². The highest BCUT2D eigenvalue weighted by Gasteiger charge is 2.24. The van der Waals surface area contributed by atoms with Crippen LogP contribution in [-0.4, -0.2) is 31.6 Å². The Morgan fingerprint density at radius 2 is 2.14 bits per heavy atom. The van der Waals surface area contributed by atoms with Crippen LogP contribution in [0, 0.1) is 5.92 Å². The highest BCUT2D eigenvalue weighted by Crippen LogP contribution is 2.31. The van der Waals surface area contributed by atoms with Gasteiger partial charge in [0.2, 0.25) is 0 Å². The van der Waals surface area contributed by atoms with Gasteiger partial charge in [0.05, 0.1) is 0 Å². The molecule has 0 bridgehead atoms. The van der Waals surface area contributed by atoms with Crippen LogP contribution >= 0.6 is 27.5 Å². The van der Waals surface area contributed by atoms with E-state index in [2.05, 4.69) is 45.2 Å². The number of hydrogen-bond donors (Lipinski definition) is 1. The van der Waals surface area contributed by atoms with Crippen molar-refractivity contribution >= 4 is 27.5 Å². The largest absolute Gasteiger partial charge is 0.313 e. The second kappa shape index (κ2) is 8.52. The molecule has 1 aromatic carbocycles. The number of hydrogen-bond acceptors (Lipinski definition) is 2. The molecule has 1 aliphatic rings. The Bertz CT molecular complexity index is 448. The molecule has 1 aliphatic carbocycles. The first-order valence-corrected chi connectivity index (χ1v) is 9.15. The van der Waals surface area contributed by atoms with E-state index in [1.165, 1.54) is 37.9 Å². The summed E-state index contributed by atoms with van der Waals surface area (Å²) in [6.45, 7) is 5.89. The van der Waals surface area contributed by atoms with Crippen molar-refractivity contribution in [2.45, 2.75) is 38.6 Å². The molecule has 2 rings (SSSR count). The van der Waals surface area contributed by atoms with Crippen LogP contribution in [0.4, 0.5) is 0 Å². The van der Waals surface area contributed by atoms with Gasteiger partial charge in [-0.25, -0.2) is 0 Å². The maximum Gasteiger partial charge on any atom is 0.0465 e. The fourth-order valence-electron chi connectivity index (χ4n) is 2.83. The zero-order valence-corrected chi connectivity index (χ0v) is 15.4. The van der Waals surface area contributed by atoms with Crippen LogP contribution in [0.5, 0.6) is 0 Å². The molecule has 1 N–H and O–H groups in total. The molecule has 1 fully saturated rings. The first-order valence-electron chi connectivity index (χ1n) is 7.98. The minimum Gasteiger partial charge on any atom is -0.313 e. The average molecular weight is 374 g/mol. The lowest BCUT2D eigenvalue weighted by Gasteiger charge is -2.25. The summed E-state index contributed by atoms with van der Waals surface area (Å²) in [4.78, 5) is 2.62. The Balaban J connectivity index is 1.93. The third kappa shape index (κ3) is 5.55. The second-order valence-electron chi connectivity index (χ2n) is 6.04. The molecule has 0 spiro atoms. The van der Waals surface area contributed by atoms with Crippen molar-refractivity contribution in [1.29, 1.82) is 0 Å². The molecule has 4 heteroatoms. The van der Waals surface area contributed by atoms with Crippen LogP contribution in [0.15, 0.2) is 22.7 Å². The third-order valence-electron chi connectivity index (χ3n) is 4.17. The van der Waals surface area contributed by atoms with Gasteiger partial charge in [-0.15, -0.1) is 0 Å². The summed E-state index contributed by atoms with van der Waals surface area (Å²) in [6, 6.07) is 6.50. The van der Waals surface area contributed by atoms with E-state index in [-0.39, 0.29) is 0 Å². The minimum atomic E-state index is 0.323. The lowest BCUT2D eigenvalue weighted by Crippen LogP contribution is -2.31. The van der Waals surface area contributed by atoms with Crippen molar-refractivity contribution < 1.29 is 0 Å². The van der Waals surface area contributed by atoms with E-state index in [0.717, 1.165) is 28.4 Å². The fraction of sp³-hybridized carbons (Fsp3) is 0.647. The molecule has 1 saturated carbocycles. The molecule has 1 unspecified atom stereocenters. The first kappa shape index (κ1) is 17.3. The van der Waals surface area contributed by atoms with E-state index in [0.29, 0.717) is 6.04 Å². The smallest absolute Gasteiger partial charge is 0.0465 e. The van der Waals surface area contributed by atoms with Crippen molar-refractivity contribution in [3.63, 3.8) is 0 Å². The monoisotopic (exact) mass is 372 g/mol. The standard InChI is InChI=1S/C17H26BrClN2/c1-3-9-21(12-13-4-5-13)10-8-17(20-2)15-7-6-14(18)11-16(15)19/h6-7,11,13,17,20H,3-5,8-10,12H2,1-2H3. The summed E-state index contributed by atoms with van der Waals surface area (Å²) >= 11 is 9.86. The SMILES string of the molecule is CCCN(CCC(NC)c1ccc(Br)cc1Cl)CC1CC1. The van der Waals surface area contributed by atoms with Gasteiger partial charge in [0.1, 0.15) is 0 Å². The van der Waals surface area contributed by atoms with Gasteiger partial charge in [0, 0.05) is 22.1 Å². The molecule has 0 amide bonds. The van der Waals surface area contributed by atoms with Gasteiger partial charge in [-0.3, -0.25) is 0 Å². The van der Waals surface area contributed by atoms with Crippen molar-refractivity contribution in [2.75, 3.05) is 26.7 Å². The van der Waals surface area contributed by atoms with E-state index >= 15 is 0 Å². The van der Waals surface area contributed by atoms with Crippen LogP contribution in [0.1, 0.15) is 44.2 Å². The normalized spacial score (nSPS) is 16.4. The Hall–Kier alpha value is -0.0900. The molecule has 0 radical (unpaired) electrons. The molecule has 2 nitrogen and oxygen atoms in total. The number of benzene rings is 1. The molecular weight excluding hydrogens is 348 g/mol. The van der Waals surface area contributed by atoms with E-state index in [4.69, 9.17) is 11.6 Å². The van der Waals surface area contributed by atoms with Gasteiger partial charge in [0.15, 0.2) is 0 Å².